The minimum Gasteiger partial charge on any atom is -0.355 e. The van der Waals surface area contributed by atoms with E-state index in [9.17, 15) is 14.4 Å². The number of aliphatic imine (C=N–C) groups is 1. The van der Waals surface area contributed by atoms with Crippen molar-refractivity contribution in [3.05, 3.63) is 57.6 Å². The Morgan fingerprint density at radius 2 is 1.62 bits per heavy atom. The molecule has 0 N–H and O–H groups in total. The van der Waals surface area contributed by atoms with Gasteiger partial charge in [0.25, 0.3) is 5.91 Å². The molecule has 1 atom stereocenters. The topological polar surface area (TPSA) is 62.9 Å². The number of alkyl halides is 1. The molecule has 0 radical (unpaired) electrons. The van der Waals surface area contributed by atoms with Gasteiger partial charge in [-0.3, -0.25) is 9.69 Å². The third-order valence-corrected chi connectivity index (χ3v) is 9.44. The molecule has 2 aromatic rings. The van der Waals surface area contributed by atoms with E-state index in [0.29, 0.717) is 66.7 Å². The molecular formula is C31H36Cl2FN5O. The molecule has 3 aliphatic rings. The molecule has 0 spiro atoms. The molecular weight excluding hydrogens is 548 g/mol. The Kier molecular flexibility index (Phi) is 9.62. The molecule has 40 heavy (non-hydrogen) atoms. The van der Waals surface area contributed by atoms with Crippen molar-refractivity contribution in [3.8, 4) is 17.3 Å². The number of hydrogen-bond donors (Lipinski definition) is 0. The van der Waals surface area contributed by atoms with E-state index in [1.165, 1.54) is 32.1 Å². The summed E-state index contributed by atoms with van der Waals surface area (Å²) in [5.74, 6) is 1.80. The van der Waals surface area contributed by atoms with Gasteiger partial charge in [-0.15, -0.1) is 0 Å². The smallest absolute Gasteiger partial charge is 0.253 e. The van der Waals surface area contributed by atoms with Gasteiger partial charge in [0.1, 0.15) is 12.5 Å². The second kappa shape index (κ2) is 13.3. The van der Waals surface area contributed by atoms with Crippen molar-refractivity contribution in [1.82, 2.24) is 14.7 Å². The van der Waals surface area contributed by atoms with Gasteiger partial charge in [-0.05, 0) is 60.6 Å². The normalized spacial score (nSPS) is 21.6. The summed E-state index contributed by atoms with van der Waals surface area (Å²) in [4.78, 5) is 23.3. The number of piperazine rings is 1. The Morgan fingerprint density at radius 1 is 0.950 bits per heavy atom. The molecule has 1 unspecified atom stereocenters. The van der Waals surface area contributed by atoms with E-state index in [4.69, 9.17) is 23.2 Å². The van der Waals surface area contributed by atoms with Gasteiger partial charge in [0, 0.05) is 72.9 Å². The zero-order chi connectivity index (χ0) is 28.1. The lowest BCUT2D eigenvalue weighted by Gasteiger charge is -2.34. The van der Waals surface area contributed by atoms with Crippen LogP contribution in [0, 0.1) is 23.3 Å². The first kappa shape index (κ1) is 28.9. The monoisotopic (exact) mass is 583 g/mol. The SMILES string of the molecule is N#CN=C1C(C2CCCCC2)CCN1Cc1c(Cl)cc(-c2ccc(C(=O)N3CCN(CCF)CC3)cc2)cc1Cl. The van der Waals surface area contributed by atoms with Crippen LogP contribution in [0.4, 0.5) is 4.39 Å². The number of carbonyl (C=O) groups excluding carboxylic acids is 1. The highest BCUT2D eigenvalue weighted by molar-refractivity contribution is 6.36. The van der Waals surface area contributed by atoms with Gasteiger partial charge in [0.2, 0.25) is 6.19 Å². The summed E-state index contributed by atoms with van der Waals surface area (Å²) in [6.07, 6.45) is 9.28. The number of benzene rings is 2. The summed E-state index contributed by atoms with van der Waals surface area (Å²) >= 11 is 13.6. The second-order valence-corrected chi connectivity index (χ2v) is 11.9. The van der Waals surface area contributed by atoms with E-state index in [0.717, 1.165) is 35.5 Å². The Labute approximate surface area is 246 Å². The van der Waals surface area contributed by atoms with Crippen molar-refractivity contribution in [1.29, 1.82) is 5.26 Å². The highest BCUT2D eigenvalue weighted by atomic mass is 35.5. The summed E-state index contributed by atoms with van der Waals surface area (Å²) in [5, 5.41) is 10.6. The van der Waals surface area contributed by atoms with Gasteiger partial charge >= 0.3 is 0 Å². The van der Waals surface area contributed by atoms with Gasteiger partial charge < -0.3 is 9.80 Å². The van der Waals surface area contributed by atoms with Crippen LogP contribution in [0.15, 0.2) is 41.4 Å². The zero-order valence-electron chi connectivity index (χ0n) is 22.8. The van der Waals surface area contributed by atoms with E-state index in [-0.39, 0.29) is 12.6 Å². The summed E-state index contributed by atoms with van der Waals surface area (Å²) in [6.45, 7) is 4.02. The lowest BCUT2D eigenvalue weighted by atomic mass is 9.79. The molecule has 1 saturated carbocycles. The molecule has 1 amide bonds. The summed E-state index contributed by atoms with van der Waals surface area (Å²) < 4.78 is 12.6. The fourth-order valence-electron chi connectivity index (χ4n) is 6.51. The maximum Gasteiger partial charge on any atom is 0.253 e. The third kappa shape index (κ3) is 6.46. The van der Waals surface area contributed by atoms with Crippen LogP contribution in [-0.2, 0) is 6.54 Å². The van der Waals surface area contributed by atoms with Crippen molar-refractivity contribution in [3.63, 3.8) is 0 Å². The number of halogens is 3. The van der Waals surface area contributed by atoms with Gasteiger partial charge in [-0.2, -0.15) is 10.3 Å². The molecule has 2 saturated heterocycles. The number of carbonyl (C=O) groups is 1. The van der Waals surface area contributed by atoms with E-state index >= 15 is 0 Å². The number of hydrogen-bond acceptors (Lipinski definition) is 4. The van der Waals surface area contributed by atoms with Crippen LogP contribution in [0.5, 0.6) is 0 Å². The second-order valence-electron chi connectivity index (χ2n) is 11.1. The van der Waals surface area contributed by atoms with Crippen molar-refractivity contribution in [2.45, 2.75) is 45.1 Å². The van der Waals surface area contributed by atoms with E-state index < -0.39 is 0 Å². The van der Waals surface area contributed by atoms with Crippen molar-refractivity contribution in [2.75, 3.05) is 45.9 Å². The lowest BCUT2D eigenvalue weighted by Crippen LogP contribution is -2.49. The number of nitriles is 1. The molecule has 9 heteroatoms. The lowest BCUT2D eigenvalue weighted by molar-refractivity contribution is 0.0630. The number of amides is 1. The first-order valence-corrected chi connectivity index (χ1v) is 15.1. The van der Waals surface area contributed by atoms with Crippen LogP contribution in [0.25, 0.3) is 11.1 Å². The highest BCUT2D eigenvalue weighted by Gasteiger charge is 2.36. The van der Waals surface area contributed by atoms with Crippen molar-refractivity contribution in [2.24, 2.45) is 16.8 Å². The zero-order valence-corrected chi connectivity index (χ0v) is 24.3. The molecule has 0 bridgehead atoms. The van der Waals surface area contributed by atoms with Crippen molar-refractivity contribution >= 4 is 34.9 Å². The summed E-state index contributed by atoms with van der Waals surface area (Å²) in [7, 11) is 0. The molecule has 5 rings (SSSR count). The van der Waals surface area contributed by atoms with Gasteiger partial charge in [0.15, 0.2) is 0 Å². The Morgan fingerprint density at radius 3 is 2.25 bits per heavy atom. The van der Waals surface area contributed by atoms with Crippen molar-refractivity contribution < 1.29 is 9.18 Å². The van der Waals surface area contributed by atoms with Crippen LogP contribution < -0.4 is 0 Å². The van der Waals surface area contributed by atoms with Gasteiger partial charge in [-0.1, -0.05) is 54.6 Å². The number of rotatable bonds is 7. The van der Waals surface area contributed by atoms with E-state index in [1.54, 1.807) is 0 Å². The average molecular weight is 585 g/mol. The molecule has 0 aromatic heterocycles. The maximum atomic E-state index is 13.0. The maximum absolute atomic E-state index is 13.0. The summed E-state index contributed by atoms with van der Waals surface area (Å²) in [5.41, 5.74) is 3.26. The standard InChI is InChI=1S/C31H36Cl2FN5O/c32-28-18-25(22-6-8-24(9-7-22)31(40)38-16-14-37(13-11-34)15-17-38)19-29(33)27(28)20-39-12-10-26(30(39)36-21-35)23-4-2-1-3-5-23/h6-9,18-19,23,26H,1-5,10-17,20H2. The molecule has 212 valence electrons. The molecule has 2 heterocycles. The average Bonchev–Trinajstić information content (AvgIpc) is 3.38. The predicted molar refractivity (Wildman–Crippen MR) is 158 cm³/mol. The Hall–Kier alpha value is -2.66. The fourth-order valence-corrected chi connectivity index (χ4v) is 7.12. The predicted octanol–water partition coefficient (Wildman–Crippen LogP) is 6.67. The molecule has 6 nitrogen and oxygen atoms in total. The Bertz CT molecular complexity index is 1240. The van der Waals surface area contributed by atoms with E-state index in [2.05, 4.69) is 9.89 Å². The van der Waals surface area contributed by atoms with Crippen LogP contribution in [-0.4, -0.2) is 72.4 Å². The molecule has 3 fully saturated rings. The first-order valence-electron chi connectivity index (χ1n) is 14.4. The van der Waals surface area contributed by atoms with Crippen LogP contribution in [0.1, 0.15) is 54.4 Å². The summed E-state index contributed by atoms with van der Waals surface area (Å²) in [6, 6.07) is 11.3. The molecule has 2 aromatic carbocycles. The molecule has 2 aliphatic heterocycles. The first-order chi connectivity index (χ1) is 19.5. The third-order valence-electron chi connectivity index (χ3n) is 8.76. The number of nitrogens with zero attached hydrogens (tertiary/aromatic N) is 5. The molecule has 1 aliphatic carbocycles. The largest absolute Gasteiger partial charge is 0.355 e. The van der Waals surface area contributed by atoms with Crippen LogP contribution >= 0.6 is 23.2 Å². The van der Waals surface area contributed by atoms with Gasteiger partial charge in [0.05, 0.1) is 0 Å². The highest BCUT2D eigenvalue weighted by Crippen LogP contribution is 2.39. The Balaban J connectivity index is 1.26. The van der Waals surface area contributed by atoms with Crippen LogP contribution in [0.2, 0.25) is 10.0 Å². The van der Waals surface area contributed by atoms with Gasteiger partial charge in [-0.25, -0.2) is 4.39 Å². The number of amidine groups is 1. The quantitative estimate of drug-likeness (QED) is 0.341. The van der Waals surface area contributed by atoms with E-state index in [1.807, 2.05) is 52.4 Å². The van der Waals surface area contributed by atoms with Crippen LogP contribution in [0.3, 0.4) is 0 Å². The minimum absolute atomic E-state index is 0.00940. The minimum atomic E-state index is -0.361. The fraction of sp³-hybridized carbons (Fsp3) is 0.516. The number of likely N-dealkylation sites (tertiary alicyclic amines) is 1.